The van der Waals surface area contributed by atoms with Crippen molar-refractivity contribution in [3.05, 3.63) is 53.5 Å². The number of hydrogen-bond donors (Lipinski definition) is 1. The quantitative estimate of drug-likeness (QED) is 0.848. The minimum Gasteiger partial charge on any atom is -0.485 e. The van der Waals surface area contributed by atoms with E-state index in [9.17, 15) is 0 Å². The van der Waals surface area contributed by atoms with Crippen LogP contribution in [0.3, 0.4) is 0 Å². The Bertz CT molecular complexity index is 491. The Balaban J connectivity index is 1.90. The monoisotopic (exact) mass is 245 g/mol. The van der Waals surface area contributed by atoms with E-state index in [1.54, 1.807) is 0 Å². The molecule has 96 valence electrons. The predicted molar refractivity (Wildman–Crippen MR) is 71.6 cm³/mol. The summed E-state index contributed by atoms with van der Waals surface area (Å²) >= 11 is 0. The maximum absolute atomic E-state index is 5.73. The molecule has 1 heterocycles. The van der Waals surface area contributed by atoms with E-state index in [0.717, 1.165) is 35.9 Å². The van der Waals surface area contributed by atoms with Crippen LogP contribution in [0.4, 0.5) is 0 Å². The third-order valence-electron chi connectivity index (χ3n) is 2.73. The van der Waals surface area contributed by atoms with Gasteiger partial charge in [-0.05, 0) is 37.2 Å². The van der Waals surface area contributed by atoms with Gasteiger partial charge >= 0.3 is 0 Å². The number of hydrogen-bond acceptors (Lipinski definition) is 3. The number of rotatable bonds is 6. The van der Waals surface area contributed by atoms with Crippen LogP contribution in [-0.4, -0.2) is 6.54 Å². The van der Waals surface area contributed by atoms with Crippen molar-refractivity contribution in [1.82, 2.24) is 5.32 Å². The number of aryl methyl sites for hydroxylation is 1. The van der Waals surface area contributed by atoms with Crippen LogP contribution in [0.25, 0.3) is 0 Å². The van der Waals surface area contributed by atoms with Crippen molar-refractivity contribution in [1.29, 1.82) is 0 Å². The zero-order valence-corrected chi connectivity index (χ0v) is 10.9. The molecule has 0 spiro atoms. The molecule has 0 aliphatic heterocycles. The molecule has 0 aliphatic rings. The molecule has 1 aromatic carbocycles. The average Bonchev–Trinajstić information content (AvgIpc) is 2.83. The van der Waals surface area contributed by atoms with Crippen molar-refractivity contribution in [2.24, 2.45) is 0 Å². The van der Waals surface area contributed by atoms with Gasteiger partial charge in [0.15, 0.2) is 0 Å². The Kier molecular flexibility index (Phi) is 4.42. The van der Waals surface area contributed by atoms with E-state index in [1.165, 1.54) is 0 Å². The first-order valence-electron chi connectivity index (χ1n) is 6.26. The molecule has 0 saturated heterocycles. The fourth-order valence-corrected chi connectivity index (χ4v) is 1.71. The number of ether oxygens (including phenoxy) is 1. The van der Waals surface area contributed by atoms with E-state index >= 15 is 0 Å². The molecule has 0 fully saturated rings. The Morgan fingerprint density at radius 3 is 2.67 bits per heavy atom. The van der Waals surface area contributed by atoms with E-state index in [0.29, 0.717) is 6.61 Å². The van der Waals surface area contributed by atoms with Gasteiger partial charge < -0.3 is 14.5 Å². The zero-order valence-electron chi connectivity index (χ0n) is 10.9. The molecule has 0 unspecified atom stereocenters. The summed E-state index contributed by atoms with van der Waals surface area (Å²) < 4.78 is 11.4. The molecule has 3 nitrogen and oxygen atoms in total. The molecule has 2 aromatic rings. The lowest BCUT2D eigenvalue weighted by atomic mass is 10.2. The minimum atomic E-state index is 0.469. The zero-order chi connectivity index (χ0) is 12.8. The highest BCUT2D eigenvalue weighted by Gasteiger charge is 2.03. The molecule has 0 atom stereocenters. The summed E-state index contributed by atoms with van der Waals surface area (Å²) in [7, 11) is 0. The standard InChI is InChI=1S/C15H19NO2/c1-3-16-10-13-8-9-14(18-13)11-17-15-7-5-4-6-12(15)2/h4-9,16H,3,10-11H2,1-2H3. The third-order valence-corrected chi connectivity index (χ3v) is 2.73. The molecule has 0 bridgehead atoms. The Labute approximate surface area is 108 Å². The van der Waals surface area contributed by atoms with Gasteiger partial charge in [-0.25, -0.2) is 0 Å². The highest BCUT2D eigenvalue weighted by atomic mass is 16.5. The molecule has 0 saturated carbocycles. The van der Waals surface area contributed by atoms with Crippen molar-refractivity contribution in [3.8, 4) is 5.75 Å². The van der Waals surface area contributed by atoms with Crippen LogP contribution in [0.15, 0.2) is 40.8 Å². The van der Waals surface area contributed by atoms with Gasteiger partial charge in [0, 0.05) is 0 Å². The first-order chi connectivity index (χ1) is 8.79. The molecule has 1 N–H and O–H groups in total. The van der Waals surface area contributed by atoms with Crippen molar-refractivity contribution >= 4 is 0 Å². The Morgan fingerprint density at radius 2 is 1.89 bits per heavy atom. The molecular formula is C15H19NO2. The van der Waals surface area contributed by atoms with Gasteiger partial charge in [0.25, 0.3) is 0 Å². The molecule has 1 aromatic heterocycles. The van der Waals surface area contributed by atoms with Gasteiger partial charge in [0.2, 0.25) is 0 Å². The third kappa shape index (κ3) is 3.37. The number of benzene rings is 1. The maximum atomic E-state index is 5.73. The van der Waals surface area contributed by atoms with Crippen LogP contribution in [0, 0.1) is 6.92 Å². The smallest absolute Gasteiger partial charge is 0.146 e. The summed E-state index contributed by atoms with van der Waals surface area (Å²) in [4.78, 5) is 0. The van der Waals surface area contributed by atoms with E-state index in [2.05, 4.69) is 12.2 Å². The predicted octanol–water partition coefficient (Wildman–Crippen LogP) is 3.28. The minimum absolute atomic E-state index is 0.469. The van der Waals surface area contributed by atoms with Crippen LogP contribution < -0.4 is 10.1 Å². The number of furan rings is 1. The topological polar surface area (TPSA) is 34.4 Å². The fraction of sp³-hybridized carbons (Fsp3) is 0.333. The summed E-state index contributed by atoms with van der Waals surface area (Å²) in [6.07, 6.45) is 0. The second-order valence-electron chi connectivity index (χ2n) is 4.20. The fourth-order valence-electron chi connectivity index (χ4n) is 1.71. The number of para-hydroxylation sites is 1. The summed E-state index contributed by atoms with van der Waals surface area (Å²) in [5.74, 6) is 2.70. The first kappa shape index (κ1) is 12.7. The normalized spacial score (nSPS) is 10.6. The van der Waals surface area contributed by atoms with E-state index in [-0.39, 0.29) is 0 Å². The lowest BCUT2D eigenvalue weighted by Gasteiger charge is -2.06. The van der Waals surface area contributed by atoms with Gasteiger partial charge in [-0.2, -0.15) is 0 Å². The summed E-state index contributed by atoms with van der Waals surface area (Å²) in [6.45, 7) is 6.28. The summed E-state index contributed by atoms with van der Waals surface area (Å²) in [6, 6.07) is 11.9. The molecular weight excluding hydrogens is 226 g/mol. The van der Waals surface area contributed by atoms with Crippen LogP contribution in [0.2, 0.25) is 0 Å². The second-order valence-corrected chi connectivity index (χ2v) is 4.20. The van der Waals surface area contributed by atoms with Gasteiger partial charge in [0.1, 0.15) is 23.9 Å². The van der Waals surface area contributed by atoms with Gasteiger partial charge in [-0.15, -0.1) is 0 Å². The van der Waals surface area contributed by atoms with E-state index < -0.39 is 0 Å². The summed E-state index contributed by atoms with van der Waals surface area (Å²) in [5, 5.41) is 3.23. The van der Waals surface area contributed by atoms with Crippen LogP contribution in [-0.2, 0) is 13.2 Å². The highest BCUT2D eigenvalue weighted by Crippen LogP contribution is 2.18. The molecule has 18 heavy (non-hydrogen) atoms. The molecule has 0 radical (unpaired) electrons. The second kappa shape index (κ2) is 6.26. The largest absolute Gasteiger partial charge is 0.485 e. The molecule has 0 amide bonds. The number of nitrogens with one attached hydrogen (secondary N) is 1. The van der Waals surface area contributed by atoms with Gasteiger partial charge in [0.05, 0.1) is 6.54 Å². The molecule has 3 heteroatoms. The molecule has 2 rings (SSSR count). The maximum Gasteiger partial charge on any atom is 0.146 e. The van der Waals surface area contributed by atoms with Crippen LogP contribution in [0.1, 0.15) is 24.0 Å². The van der Waals surface area contributed by atoms with Crippen molar-refractivity contribution in [2.45, 2.75) is 27.0 Å². The Morgan fingerprint density at radius 1 is 1.11 bits per heavy atom. The highest BCUT2D eigenvalue weighted by molar-refractivity contribution is 5.31. The van der Waals surface area contributed by atoms with E-state index in [1.807, 2.05) is 43.3 Å². The van der Waals surface area contributed by atoms with Crippen LogP contribution in [0.5, 0.6) is 5.75 Å². The van der Waals surface area contributed by atoms with Crippen molar-refractivity contribution in [3.63, 3.8) is 0 Å². The van der Waals surface area contributed by atoms with Gasteiger partial charge in [-0.1, -0.05) is 25.1 Å². The van der Waals surface area contributed by atoms with E-state index in [4.69, 9.17) is 9.15 Å². The van der Waals surface area contributed by atoms with Crippen molar-refractivity contribution in [2.75, 3.05) is 6.54 Å². The average molecular weight is 245 g/mol. The van der Waals surface area contributed by atoms with Crippen LogP contribution >= 0.6 is 0 Å². The first-order valence-corrected chi connectivity index (χ1v) is 6.26. The SMILES string of the molecule is CCNCc1ccc(COc2ccccc2C)o1. The van der Waals surface area contributed by atoms with Crippen molar-refractivity contribution < 1.29 is 9.15 Å². The summed E-state index contributed by atoms with van der Waals surface area (Å²) in [5.41, 5.74) is 1.14. The molecule has 0 aliphatic carbocycles. The lowest BCUT2D eigenvalue weighted by molar-refractivity contribution is 0.263. The Hall–Kier alpha value is -1.74. The lowest BCUT2D eigenvalue weighted by Crippen LogP contribution is -2.10. The van der Waals surface area contributed by atoms with Gasteiger partial charge in [-0.3, -0.25) is 0 Å².